The number of hydrogen-bond acceptors (Lipinski definition) is 6. The van der Waals surface area contributed by atoms with Crippen LogP contribution in [0, 0.1) is 0 Å². The molecule has 0 spiro atoms. The molecule has 2 aromatic rings. The van der Waals surface area contributed by atoms with E-state index in [2.05, 4.69) is 9.88 Å². The summed E-state index contributed by atoms with van der Waals surface area (Å²) in [4.78, 5) is 21.3. The number of fused-ring (bicyclic) bond motifs is 1. The minimum atomic E-state index is -0.591. The number of hydrogen-bond donors (Lipinski definition) is 0. The highest BCUT2D eigenvalue weighted by molar-refractivity contribution is 7.13. The van der Waals surface area contributed by atoms with Crippen LogP contribution in [0.15, 0.2) is 35.8 Å². The molecule has 24 heavy (non-hydrogen) atoms. The Labute approximate surface area is 144 Å². The van der Waals surface area contributed by atoms with Crippen LogP contribution < -0.4 is 14.4 Å². The average Bonchev–Trinajstić information content (AvgIpc) is 3.15. The van der Waals surface area contributed by atoms with Crippen molar-refractivity contribution in [3.05, 3.63) is 35.8 Å². The van der Waals surface area contributed by atoms with E-state index in [1.54, 1.807) is 11.3 Å². The third-order valence-corrected chi connectivity index (χ3v) is 5.20. The lowest BCUT2D eigenvalue weighted by molar-refractivity contribution is -0.144. The highest BCUT2D eigenvalue weighted by Gasteiger charge is 2.37. The van der Waals surface area contributed by atoms with E-state index in [-0.39, 0.29) is 12.0 Å². The monoisotopic (exact) mass is 345 g/mol. The predicted octanol–water partition coefficient (Wildman–Crippen LogP) is 2.02. The van der Waals surface area contributed by atoms with Gasteiger partial charge in [-0.15, -0.1) is 11.3 Å². The summed E-state index contributed by atoms with van der Waals surface area (Å²) < 4.78 is 11.8. The molecule has 7 heteroatoms. The minimum Gasteiger partial charge on any atom is -0.482 e. The molecule has 2 aliphatic rings. The number of nitrogens with zero attached hydrogens (tertiary/aromatic N) is 3. The van der Waals surface area contributed by atoms with Gasteiger partial charge in [0.05, 0.1) is 0 Å². The van der Waals surface area contributed by atoms with E-state index in [1.807, 2.05) is 47.7 Å². The maximum atomic E-state index is 12.9. The van der Waals surface area contributed by atoms with Crippen molar-refractivity contribution in [3.8, 4) is 11.5 Å². The van der Waals surface area contributed by atoms with Crippen LogP contribution in [0.1, 0.15) is 6.92 Å². The molecule has 0 radical (unpaired) electrons. The summed E-state index contributed by atoms with van der Waals surface area (Å²) in [5.41, 5.74) is 0. The van der Waals surface area contributed by atoms with E-state index in [9.17, 15) is 4.79 Å². The van der Waals surface area contributed by atoms with E-state index in [0.29, 0.717) is 24.6 Å². The van der Waals surface area contributed by atoms with Crippen LogP contribution in [-0.4, -0.2) is 54.2 Å². The summed E-state index contributed by atoms with van der Waals surface area (Å²) in [7, 11) is 0. The maximum absolute atomic E-state index is 12.9. The molecule has 1 saturated heterocycles. The fourth-order valence-electron chi connectivity index (χ4n) is 3.06. The van der Waals surface area contributed by atoms with E-state index in [1.165, 1.54) is 0 Å². The van der Waals surface area contributed by atoms with Gasteiger partial charge >= 0.3 is 0 Å². The van der Waals surface area contributed by atoms with Crippen molar-refractivity contribution in [2.45, 2.75) is 19.1 Å². The molecule has 0 saturated carbocycles. The largest absolute Gasteiger partial charge is 0.482 e. The van der Waals surface area contributed by atoms with E-state index in [0.717, 1.165) is 18.2 Å². The predicted molar refractivity (Wildman–Crippen MR) is 91.9 cm³/mol. The summed E-state index contributed by atoms with van der Waals surface area (Å²) >= 11 is 1.63. The molecular formula is C17H19N3O3S. The van der Waals surface area contributed by atoms with Gasteiger partial charge in [-0.25, -0.2) is 4.98 Å². The Balaban J connectivity index is 1.41. The van der Waals surface area contributed by atoms with Crippen LogP contribution in [0.5, 0.6) is 11.5 Å². The van der Waals surface area contributed by atoms with Crippen molar-refractivity contribution < 1.29 is 14.3 Å². The van der Waals surface area contributed by atoms with Crippen molar-refractivity contribution in [2.75, 3.05) is 31.1 Å². The number of carbonyl (C=O) groups is 1. The third-order valence-electron chi connectivity index (χ3n) is 4.37. The molecule has 1 fully saturated rings. The third kappa shape index (κ3) is 2.80. The lowest BCUT2D eigenvalue weighted by atomic mass is 10.1. The van der Waals surface area contributed by atoms with Crippen molar-refractivity contribution >= 4 is 22.4 Å². The Morgan fingerprint density at radius 1 is 1.17 bits per heavy atom. The molecule has 1 aromatic carbocycles. The van der Waals surface area contributed by atoms with Gasteiger partial charge in [0.15, 0.2) is 16.6 Å². The SMILES string of the molecule is C[C@H]1Oc2ccccc2O[C@@H]1C(=O)N1CCN(c2nccs2)CC1. The second-order valence-corrected chi connectivity index (χ2v) is 6.81. The summed E-state index contributed by atoms with van der Waals surface area (Å²) in [6.07, 6.45) is 0.917. The Hall–Kier alpha value is -2.28. The lowest BCUT2D eigenvalue weighted by Crippen LogP contribution is -2.56. The van der Waals surface area contributed by atoms with Crippen LogP contribution in [0.2, 0.25) is 0 Å². The highest BCUT2D eigenvalue weighted by Crippen LogP contribution is 2.34. The van der Waals surface area contributed by atoms with E-state index >= 15 is 0 Å². The molecule has 126 valence electrons. The van der Waals surface area contributed by atoms with Crippen LogP contribution in [0.25, 0.3) is 0 Å². The second kappa shape index (κ2) is 6.32. The van der Waals surface area contributed by atoms with Crippen LogP contribution in [0.3, 0.4) is 0 Å². The normalized spacial score (nSPS) is 23.2. The van der Waals surface area contributed by atoms with Gasteiger partial charge in [-0.1, -0.05) is 12.1 Å². The van der Waals surface area contributed by atoms with Gasteiger partial charge in [-0.3, -0.25) is 4.79 Å². The van der Waals surface area contributed by atoms with Gasteiger partial charge in [0, 0.05) is 37.8 Å². The van der Waals surface area contributed by atoms with Crippen molar-refractivity contribution in [1.29, 1.82) is 0 Å². The number of aromatic nitrogens is 1. The molecule has 0 bridgehead atoms. The van der Waals surface area contributed by atoms with Gasteiger partial charge in [0.1, 0.15) is 6.10 Å². The number of rotatable bonds is 2. The molecule has 3 heterocycles. The molecular weight excluding hydrogens is 326 g/mol. The minimum absolute atomic E-state index is 0.00390. The Morgan fingerprint density at radius 2 is 1.88 bits per heavy atom. The van der Waals surface area contributed by atoms with Gasteiger partial charge in [-0.05, 0) is 19.1 Å². The number of thiazole rings is 1. The Bertz CT molecular complexity index is 714. The first-order chi connectivity index (χ1) is 11.7. The first-order valence-corrected chi connectivity index (χ1v) is 8.96. The van der Waals surface area contributed by atoms with Crippen LogP contribution >= 0.6 is 11.3 Å². The molecule has 0 aliphatic carbocycles. The molecule has 6 nitrogen and oxygen atoms in total. The quantitative estimate of drug-likeness (QED) is 0.833. The van der Waals surface area contributed by atoms with Gasteiger partial charge in [0.25, 0.3) is 5.91 Å². The molecule has 2 aliphatic heterocycles. The first kappa shape index (κ1) is 15.3. The fourth-order valence-corrected chi connectivity index (χ4v) is 3.76. The summed E-state index contributed by atoms with van der Waals surface area (Å²) in [6.45, 7) is 4.80. The molecule has 1 amide bonds. The smallest absolute Gasteiger partial charge is 0.267 e. The summed E-state index contributed by atoms with van der Waals surface area (Å²) in [6, 6.07) is 7.47. The molecule has 1 aromatic heterocycles. The highest BCUT2D eigenvalue weighted by atomic mass is 32.1. The van der Waals surface area contributed by atoms with Gasteiger partial charge in [-0.2, -0.15) is 0 Å². The summed E-state index contributed by atoms with van der Waals surface area (Å²) in [5, 5.41) is 2.99. The number of para-hydroxylation sites is 2. The topological polar surface area (TPSA) is 54.9 Å². The molecule has 0 unspecified atom stereocenters. The molecule has 0 N–H and O–H groups in total. The zero-order chi connectivity index (χ0) is 16.5. The van der Waals surface area contributed by atoms with Gasteiger partial charge in [0.2, 0.25) is 6.10 Å². The van der Waals surface area contributed by atoms with E-state index < -0.39 is 6.10 Å². The fraction of sp³-hybridized carbons (Fsp3) is 0.412. The number of anilines is 1. The number of carbonyl (C=O) groups excluding carboxylic acids is 1. The zero-order valence-corrected chi connectivity index (χ0v) is 14.2. The van der Waals surface area contributed by atoms with E-state index in [4.69, 9.17) is 9.47 Å². The maximum Gasteiger partial charge on any atom is 0.267 e. The first-order valence-electron chi connectivity index (χ1n) is 8.08. The Kier molecular flexibility index (Phi) is 4.02. The standard InChI is InChI=1S/C17H19N3O3S/c1-12-15(23-14-5-3-2-4-13(14)22-12)16(21)19-7-9-20(10-8-19)17-18-6-11-24-17/h2-6,11-12,15H,7-10H2,1H3/t12-,15+/m1/s1. The van der Waals surface area contributed by atoms with Crippen LogP contribution in [-0.2, 0) is 4.79 Å². The lowest BCUT2D eigenvalue weighted by Gasteiger charge is -2.38. The van der Waals surface area contributed by atoms with Gasteiger partial charge < -0.3 is 19.3 Å². The number of ether oxygens (including phenoxy) is 2. The van der Waals surface area contributed by atoms with Crippen molar-refractivity contribution in [3.63, 3.8) is 0 Å². The molecule has 2 atom stereocenters. The molecule has 4 rings (SSSR count). The number of amides is 1. The Morgan fingerprint density at radius 3 is 2.54 bits per heavy atom. The van der Waals surface area contributed by atoms with Crippen LogP contribution in [0.4, 0.5) is 5.13 Å². The zero-order valence-electron chi connectivity index (χ0n) is 13.4. The number of piperazine rings is 1. The van der Waals surface area contributed by atoms with Crippen molar-refractivity contribution in [2.24, 2.45) is 0 Å². The average molecular weight is 345 g/mol. The summed E-state index contributed by atoms with van der Waals surface area (Å²) in [5.74, 6) is 1.33. The van der Waals surface area contributed by atoms with Crippen molar-refractivity contribution in [1.82, 2.24) is 9.88 Å². The second-order valence-electron chi connectivity index (χ2n) is 5.94. The number of benzene rings is 1.